The van der Waals surface area contributed by atoms with Crippen molar-refractivity contribution in [3.05, 3.63) is 35.9 Å². The highest BCUT2D eigenvalue weighted by Crippen LogP contribution is 2.08. The van der Waals surface area contributed by atoms with Gasteiger partial charge in [-0.3, -0.25) is 9.59 Å². The molecule has 0 radical (unpaired) electrons. The van der Waals surface area contributed by atoms with Crippen molar-refractivity contribution in [1.82, 2.24) is 10.6 Å². The molecule has 0 aliphatic rings. The Hall–Kier alpha value is -2.06. The molecule has 2 amide bonds. The number of hydrogen-bond acceptors (Lipinski definition) is 5. The number of aliphatic carboxylic acids is 1. The Morgan fingerprint density at radius 3 is 2.21 bits per heavy atom. The topological polar surface area (TPSA) is 122 Å². The number of rotatable bonds is 12. The third-order valence-corrected chi connectivity index (χ3v) is 4.85. The van der Waals surface area contributed by atoms with Gasteiger partial charge < -0.3 is 21.5 Å². The van der Waals surface area contributed by atoms with Gasteiger partial charge >= 0.3 is 5.97 Å². The first-order valence-corrected chi connectivity index (χ1v) is 10.8. The molecule has 0 saturated carbocycles. The van der Waals surface area contributed by atoms with Gasteiger partial charge in [0, 0.05) is 6.42 Å². The molecule has 0 bridgehead atoms. The van der Waals surface area contributed by atoms with E-state index in [-0.39, 0.29) is 12.3 Å². The quantitative estimate of drug-likeness (QED) is 0.414. The zero-order valence-corrected chi connectivity index (χ0v) is 17.5. The lowest BCUT2D eigenvalue weighted by Gasteiger charge is -2.23. The molecule has 28 heavy (non-hydrogen) atoms. The summed E-state index contributed by atoms with van der Waals surface area (Å²) < 4.78 is 0. The molecule has 0 fully saturated rings. The van der Waals surface area contributed by atoms with Crippen LogP contribution in [0.1, 0.15) is 32.3 Å². The SMILES string of the molecule is CSCCC(N)C(=O)NC(Cc1ccccc1)C(=O)NC(CC(C)C)C(=O)O. The largest absolute Gasteiger partial charge is 0.480 e. The molecule has 7 nitrogen and oxygen atoms in total. The fourth-order valence-electron chi connectivity index (χ4n) is 2.68. The van der Waals surface area contributed by atoms with E-state index in [1.165, 1.54) is 0 Å². The van der Waals surface area contributed by atoms with Crippen molar-refractivity contribution in [2.24, 2.45) is 11.7 Å². The summed E-state index contributed by atoms with van der Waals surface area (Å²) in [6, 6.07) is 6.62. The highest BCUT2D eigenvalue weighted by molar-refractivity contribution is 7.98. The van der Waals surface area contributed by atoms with E-state index >= 15 is 0 Å². The number of benzene rings is 1. The third kappa shape index (κ3) is 8.75. The number of amides is 2. The number of nitrogens with two attached hydrogens (primary N) is 1. The van der Waals surface area contributed by atoms with E-state index in [1.54, 1.807) is 11.8 Å². The van der Waals surface area contributed by atoms with E-state index in [4.69, 9.17) is 5.73 Å². The fourth-order valence-corrected chi connectivity index (χ4v) is 3.17. The summed E-state index contributed by atoms with van der Waals surface area (Å²) in [6.07, 6.45) is 2.98. The van der Waals surface area contributed by atoms with Crippen LogP contribution in [0.4, 0.5) is 0 Å². The lowest BCUT2D eigenvalue weighted by molar-refractivity contribution is -0.142. The molecule has 0 heterocycles. The maximum atomic E-state index is 12.8. The average Bonchev–Trinajstić information content (AvgIpc) is 2.65. The fraction of sp³-hybridized carbons (Fsp3) is 0.550. The predicted molar refractivity (Wildman–Crippen MR) is 112 cm³/mol. The monoisotopic (exact) mass is 409 g/mol. The first-order chi connectivity index (χ1) is 13.2. The molecule has 0 aliphatic heterocycles. The van der Waals surface area contributed by atoms with E-state index in [0.29, 0.717) is 12.8 Å². The van der Waals surface area contributed by atoms with Crippen LogP contribution >= 0.6 is 11.8 Å². The minimum atomic E-state index is -1.09. The molecule has 3 unspecified atom stereocenters. The molecule has 0 saturated heterocycles. The molecule has 5 N–H and O–H groups in total. The molecule has 156 valence electrons. The van der Waals surface area contributed by atoms with Crippen LogP contribution in [0.3, 0.4) is 0 Å². The van der Waals surface area contributed by atoms with Crippen molar-refractivity contribution in [2.75, 3.05) is 12.0 Å². The van der Waals surface area contributed by atoms with Gasteiger partial charge in [-0.1, -0.05) is 44.2 Å². The molecule has 0 aliphatic carbocycles. The standard InChI is InChI=1S/C20H31N3O4S/c1-13(2)11-17(20(26)27)23-19(25)16(12-14-7-5-4-6-8-14)22-18(24)15(21)9-10-28-3/h4-8,13,15-17H,9-12,21H2,1-3H3,(H,22,24)(H,23,25)(H,26,27). The van der Waals surface area contributed by atoms with Crippen molar-refractivity contribution in [3.8, 4) is 0 Å². The van der Waals surface area contributed by atoms with Crippen molar-refractivity contribution in [3.63, 3.8) is 0 Å². The Kier molecular flexibility index (Phi) is 10.6. The zero-order valence-electron chi connectivity index (χ0n) is 16.7. The second-order valence-corrected chi connectivity index (χ2v) is 8.15. The minimum Gasteiger partial charge on any atom is -0.480 e. The molecule has 8 heteroatoms. The Bertz CT molecular complexity index is 640. The first kappa shape index (κ1) is 24.0. The maximum Gasteiger partial charge on any atom is 0.326 e. The van der Waals surface area contributed by atoms with Gasteiger partial charge in [0.05, 0.1) is 6.04 Å². The van der Waals surface area contributed by atoms with Crippen LogP contribution in [-0.2, 0) is 20.8 Å². The molecule has 1 aromatic carbocycles. The van der Waals surface area contributed by atoms with Crippen LogP contribution in [0.5, 0.6) is 0 Å². The van der Waals surface area contributed by atoms with Crippen LogP contribution < -0.4 is 16.4 Å². The van der Waals surface area contributed by atoms with Gasteiger partial charge in [-0.15, -0.1) is 0 Å². The van der Waals surface area contributed by atoms with Gasteiger partial charge in [0.15, 0.2) is 0 Å². The Labute approximate surface area is 170 Å². The van der Waals surface area contributed by atoms with Crippen molar-refractivity contribution in [1.29, 1.82) is 0 Å². The summed E-state index contributed by atoms with van der Waals surface area (Å²) in [5.41, 5.74) is 6.77. The van der Waals surface area contributed by atoms with Gasteiger partial charge in [0.1, 0.15) is 12.1 Å². The van der Waals surface area contributed by atoms with Gasteiger partial charge in [0.2, 0.25) is 11.8 Å². The van der Waals surface area contributed by atoms with Crippen LogP contribution in [0, 0.1) is 5.92 Å². The van der Waals surface area contributed by atoms with Crippen molar-refractivity contribution < 1.29 is 19.5 Å². The predicted octanol–water partition coefficient (Wildman–Crippen LogP) is 1.41. The van der Waals surface area contributed by atoms with E-state index in [1.807, 2.05) is 50.4 Å². The Morgan fingerprint density at radius 2 is 1.68 bits per heavy atom. The molecule has 3 atom stereocenters. The number of carbonyl (C=O) groups excluding carboxylic acids is 2. The second kappa shape index (κ2) is 12.4. The highest BCUT2D eigenvalue weighted by Gasteiger charge is 2.28. The normalized spacial score (nSPS) is 14.2. The van der Waals surface area contributed by atoms with Crippen LogP contribution in [0.25, 0.3) is 0 Å². The molecule has 0 aromatic heterocycles. The number of carboxylic acid groups (broad SMARTS) is 1. The molecule has 1 aromatic rings. The van der Waals surface area contributed by atoms with E-state index < -0.39 is 35.9 Å². The molecular weight excluding hydrogens is 378 g/mol. The van der Waals surface area contributed by atoms with Crippen LogP contribution in [0.15, 0.2) is 30.3 Å². The van der Waals surface area contributed by atoms with Gasteiger partial charge in [-0.25, -0.2) is 4.79 Å². The number of carboxylic acids is 1. The summed E-state index contributed by atoms with van der Waals surface area (Å²) in [5, 5.41) is 14.6. The second-order valence-electron chi connectivity index (χ2n) is 7.17. The summed E-state index contributed by atoms with van der Waals surface area (Å²) in [5.74, 6) is -1.20. The summed E-state index contributed by atoms with van der Waals surface area (Å²) in [6.45, 7) is 3.77. The molecule has 1 rings (SSSR count). The van der Waals surface area contributed by atoms with Crippen LogP contribution in [0.2, 0.25) is 0 Å². The smallest absolute Gasteiger partial charge is 0.326 e. The summed E-state index contributed by atoms with van der Waals surface area (Å²) in [7, 11) is 0. The zero-order chi connectivity index (χ0) is 21.1. The summed E-state index contributed by atoms with van der Waals surface area (Å²) >= 11 is 1.59. The van der Waals surface area contributed by atoms with E-state index in [0.717, 1.165) is 11.3 Å². The maximum absolute atomic E-state index is 12.8. The number of hydrogen-bond donors (Lipinski definition) is 4. The van der Waals surface area contributed by atoms with E-state index in [2.05, 4.69) is 10.6 Å². The number of carbonyl (C=O) groups is 3. The van der Waals surface area contributed by atoms with Crippen molar-refractivity contribution in [2.45, 2.75) is 51.2 Å². The summed E-state index contributed by atoms with van der Waals surface area (Å²) in [4.78, 5) is 36.7. The lowest BCUT2D eigenvalue weighted by atomic mass is 10.0. The highest BCUT2D eigenvalue weighted by atomic mass is 32.2. The Balaban J connectivity index is 2.90. The molecular formula is C20H31N3O4S. The van der Waals surface area contributed by atoms with Gasteiger partial charge in [-0.2, -0.15) is 11.8 Å². The molecule has 0 spiro atoms. The van der Waals surface area contributed by atoms with Crippen molar-refractivity contribution >= 4 is 29.5 Å². The number of thioether (sulfide) groups is 1. The average molecular weight is 410 g/mol. The third-order valence-electron chi connectivity index (χ3n) is 4.21. The lowest BCUT2D eigenvalue weighted by Crippen LogP contribution is -2.55. The van der Waals surface area contributed by atoms with Crippen LogP contribution in [-0.4, -0.2) is 53.0 Å². The minimum absolute atomic E-state index is 0.100. The Morgan fingerprint density at radius 1 is 1.07 bits per heavy atom. The van der Waals surface area contributed by atoms with Gasteiger partial charge in [-0.05, 0) is 36.3 Å². The number of nitrogens with one attached hydrogen (secondary N) is 2. The first-order valence-electron chi connectivity index (χ1n) is 9.36. The van der Waals surface area contributed by atoms with Gasteiger partial charge in [0.25, 0.3) is 0 Å². The van der Waals surface area contributed by atoms with E-state index in [9.17, 15) is 19.5 Å².